The van der Waals surface area contributed by atoms with E-state index in [9.17, 15) is 18.8 Å². The van der Waals surface area contributed by atoms with Crippen molar-refractivity contribution >= 4 is 43.2 Å². The number of phenols is 1. The van der Waals surface area contributed by atoms with Crippen molar-refractivity contribution in [3.05, 3.63) is 35.7 Å². The van der Waals surface area contributed by atoms with E-state index in [0.717, 1.165) is 23.7 Å². The number of nitriles is 1. The van der Waals surface area contributed by atoms with Crippen molar-refractivity contribution in [3.8, 4) is 11.8 Å². The molecular weight excluding hydrogens is 366 g/mol. The van der Waals surface area contributed by atoms with Crippen LogP contribution in [0, 0.1) is 18.3 Å². The van der Waals surface area contributed by atoms with Crippen molar-refractivity contribution in [2.75, 3.05) is 0 Å². The van der Waals surface area contributed by atoms with Gasteiger partial charge in [-0.3, -0.25) is 9.54 Å². The van der Waals surface area contributed by atoms with Crippen molar-refractivity contribution in [1.82, 2.24) is 9.36 Å². The molecule has 0 bridgehead atoms. The standard InChI is InChI=1S/C14H9N5O4S2/c1-7-9(5-15)13-10(6-16-7)14(24-19-13)18-17-8-2-3-11(20)12(4-8)25(21,22)23/h2-4,6,20H,1H3,(H,21,22,23). The van der Waals surface area contributed by atoms with Gasteiger partial charge in [-0.1, -0.05) is 0 Å². The van der Waals surface area contributed by atoms with Gasteiger partial charge in [0.25, 0.3) is 10.1 Å². The van der Waals surface area contributed by atoms with Crippen LogP contribution < -0.4 is 0 Å². The van der Waals surface area contributed by atoms with Crippen LogP contribution >= 0.6 is 11.5 Å². The molecule has 0 saturated carbocycles. The van der Waals surface area contributed by atoms with Crippen molar-refractivity contribution in [1.29, 1.82) is 5.26 Å². The van der Waals surface area contributed by atoms with Gasteiger partial charge in [-0.05, 0) is 36.7 Å². The van der Waals surface area contributed by atoms with Crippen LogP contribution in [0.4, 0.5) is 10.7 Å². The average Bonchev–Trinajstić information content (AvgIpc) is 2.96. The third-order valence-electron chi connectivity index (χ3n) is 3.28. The van der Waals surface area contributed by atoms with Crippen LogP contribution in [-0.4, -0.2) is 27.4 Å². The average molecular weight is 375 g/mol. The van der Waals surface area contributed by atoms with Crippen LogP contribution in [0.1, 0.15) is 11.3 Å². The number of hydrogen-bond donors (Lipinski definition) is 2. The van der Waals surface area contributed by atoms with E-state index in [1.807, 2.05) is 6.07 Å². The number of hydrogen-bond acceptors (Lipinski definition) is 9. The Morgan fingerprint density at radius 2 is 2.08 bits per heavy atom. The molecule has 9 nitrogen and oxygen atoms in total. The molecule has 0 saturated heterocycles. The van der Waals surface area contributed by atoms with E-state index in [-0.39, 0.29) is 5.69 Å². The Morgan fingerprint density at radius 1 is 1.32 bits per heavy atom. The molecule has 2 heterocycles. The Bertz CT molecular complexity index is 1160. The molecule has 0 atom stereocenters. The number of phenolic OH excluding ortho intramolecular Hbond substituents is 1. The van der Waals surface area contributed by atoms with E-state index < -0.39 is 20.8 Å². The minimum Gasteiger partial charge on any atom is -0.506 e. The van der Waals surface area contributed by atoms with E-state index in [4.69, 9.17) is 4.55 Å². The Hall–Kier alpha value is -2.94. The van der Waals surface area contributed by atoms with Gasteiger partial charge in [0.15, 0.2) is 5.00 Å². The topological polar surface area (TPSA) is 149 Å². The molecular formula is C14H9N5O4S2. The summed E-state index contributed by atoms with van der Waals surface area (Å²) in [5.74, 6) is -0.594. The van der Waals surface area contributed by atoms with Crippen LogP contribution in [0.2, 0.25) is 0 Å². The highest BCUT2D eigenvalue weighted by molar-refractivity contribution is 7.86. The van der Waals surface area contributed by atoms with Crippen molar-refractivity contribution in [2.45, 2.75) is 11.8 Å². The lowest BCUT2D eigenvalue weighted by Gasteiger charge is -2.01. The summed E-state index contributed by atoms with van der Waals surface area (Å²) in [7, 11) is -4.58. The van der Waals surface area contributed by atoms with Gasteiger partial charge in [-0.2, -0.15) is 18.1 Å². The second-order valence-corrected chi connectivity index (χ2v) is 7.05. The summed E-state index contributed by atoms with van der Waals surface area (Å²) in [6.07, 6.45) is 1.53. The molecule has 11 heteroatoms. The number of azo groups is 1. The predicted octanol–water partition coefficient (Wildman–Crippen LogP) is 3.24. The zero-order valence-corrected chi connectivity index (χ0v) is 14.2. The molecule has 0 radical (unpaired) electrons. The fourth-order valence-corrected chi connectivity index (χ4v) is 3.36. The summed E-state index contributed by atoms with van der Waals surface area (Å²) in [4.78, 5) is 3.46. The van der Waals surface area contributed by atoms with E-state index in [2.05, 4.69) is 19.6 Å². The number of pyridine rings is 1. The summed E-state index contributed by atoms with van der Waals surface area (Å²) >= 11 is 1.01. The van der Waals surface area contributed by atoms with Crippen LogP contribution in [0.3, 0.4) is 0 Å². The maximum absolute atomic E-state index is 11.2. The first-order valence-electron chi connectivity index (χ1n) is 6.68. The molecule has 2 aromatic heterocycles. The Labute approximate surface area is 145 Å². The van der Waals surface area contributed by atoms with Gasteiger partial charge < -0.3 is 5.11 Å². The predicted molar refractivity (Wildman–Crippen MR) is 89.0 cm³/mol. The molecule has 0 amide bonds. The van der Waals surface area contributed by atoms with Gasteiger partial charge in [0, 0.05) is 6.20 Å². The quantitative estimate of drug-likeness (QED) is 0.527. The van der Waals surface area contributed by atoms with Crippen molar-refractivity contribution < 1.29 is 18.1 Å². The fourth-order valence-electron chi connectivity index (χ4n) is 2.06. The van der Waals surface area contributed by atoms with Crippen LogP contribution in [0.15, 0.2) is 39.5 Å². The minimum absolute atomic E-state index is 0.104. The summed E-state index contributed by atoms with van der Waals surface area (Å²) in [5, 5.41) is 27.5. The highest BCUT2D eigenvalue weighted by Gasteiger charge is 2.16. The maximum Gasteiger partial charge on any atom is 0.298 e. The van der Waals surface area contributed by atoms with E-state index in [1.165, 1.54) is 12.3 Å². The molecule has 0 unspecified atom stereocenters. The van der Waals surface area contributed by atoms with Gasteiger partial charge in [-0.25, -0.2) is 0 Å². The number of aromatic hydroxyl groups is 1. The first kappa shape index (κ1) is 16.9. The normalized spacial score (nSPS) is 11.9. The first-order valence-corrected chi connectivity index (χ1v) is 8.90. The van der Waals surface area contributed by atoms with E-state index in [1.54, 1.807) is 6.92 Å². The Kier molecular flexibility index (Phi) is 4.17. The Balaban J connectivity index is 2.04. The van der Waals surface area contributed by atoms with E-state index in [0.29, 0.717) is 27.2 Å². The molecule has 25 heavy (non-hydrogen) atoms. The Morgan fingerprint density at radius 3 is 2.76 bits per heavy atom. The molecule has 2 N–H and O–H groups in total. The lowest BCUT2D eigenvalue weighted by Crippen LogP contribution is -1.97. The van der Waals surface area contributed by atoms with Gasteiger partial charge >= 0.3 is 0 Å². The molecule has 126 valence electrons. The highest BCUT2D eigenvalue weighted by Crippen LogP contribution is 2.34. The SMILES string of the molecule is Cc1ncc2c(N=Nc3ccc(O)c(S(=O)(=O)O)c3)snc2c1C#N. The second kappa shape index (κ2) is 6.17. The van der Waals surface area contributed by atoms with Gasteiger partial charge in [-0.15, -0.1) is 10.2 Å². The third-order valence-corrected chi connectivity index (χ3v) is 4.92. The molecule has 0 aliphatic rings. The largest absolute Gasteiger partial charge is 0.506 e. The summed E-state index contributed by atoms with van der Waals surface area (Å²) in [5.41, 5.74) is 1.49. The zero-order valence-electron chi connectivity index (χ0n) is 12.6. The van der Waals surface area contributed by atoms with Crippen LogP contribution in [0.5, 0.6) is 5.75 Å². The lowest BCUT2D eigenvalue weighted by atomic mass is 10.1. The number of aromatic nitrogens is 2. The van der Waals surface area contributed by atoms with Crippen LogP contribution in [0.25, 0.3) is 10.9 Å². The number of rotatable bonds is 3. The maximum atomic E-state index is 11.2. The second-order valence-electron chi connectivity index (χ2n) is 4.91. The fraction of sp³-hybridized carbons (Fsp3) is 0.0714. The van der Waals surface area contributed by atoms with Gasteiger partial charge in [0.1, 0.15) is 27.8 Å². The zero-order chi connectivity index (χ0) is 18.2. The highest BCUT2D eigenvalue weighted by atomic mass is 32.2. The third kappa shape index (κ3) is 3.18. The van der Waals surface area contributed by atoms with Crippen molar-refractivity contribution in [2.24, 2.45) is 10.2 Å². The number of benzene rings is 1. The number of nitrogens with zero attached hydrogens (tertiary/aromatic N) is 5. The summed E-state index contributed by atoms with van der Waals surface area (Å²) in [6, 6.07) is 5.45. The van der Waals surface area contributed by atoms with Crippen molar-refractivity contribution in [3.63, 3.8) is 0 Å². The summed E-state index contributed by atoms with van der Waals surface area (Å²) < 4.78 is 35.6. The lowest BCUT2D eigenvalue weighted by molar-refractivity contribution is 0.443. The van der Waals surface area contributed by atoms with Gasteiger partial charge in [0.05, 0.1) is 16.8 Å². The van der Waals surface area contributed by atoms with Gasteiger partial charge in [0.2, 0.25) is 0 Å². The molecule has 1 aromatic carbocycles. The molecule has 0 fully saturated rings. The molecule has 0 aliphatic heterocycles. The molecule has 0 spiro atoms. The number of fused-ring (bicyclic) bond motifs is 1. The first-order chi connectivity index (χ1) is 11.8. The monoisotopic (exact) mass is 375 g/mol. The summed E-state index contributed by atoms with van der Waals surface area (Å²) in [6.45, 7) is 1.70. The smallest absolute Gasteiger partial charge is 0.298 e. The minimum atomic E-state index is -4.58. The molecule has 3 rings (SSSR count). The number of aryl methyl sites for hydroxylation is 1. The van der Waals surface area contributed by atoms with E-state index >= 15 is 0 Å². The van der Waals surface area contributed by atoms with Crippen LogP contribution in [-0.2, 0) is 10.1 Å². The molecule has 3 aromatic rings. The molecule has 0 aliphatic carbocycles.